The normalized spacial score (nSPS) is 12.5. The lowest BCUT2D eigenvalue weighted by Crippen LogP contribution is -2.24. The van der Waals surface area contributed by atoms with Gasteiger partial charge in [-0.3, -0.25) is 4.79 Å². The standard InChI is InChI=1S/C9H15BrN4O/c1-2-6(3-4-11)14-8-7(10)9(15)13-5-12-8/h5-6H,2-4,11H2,1H3,(H2,12,13,14,15). The number of hydrogen-bond donors (Lipinski definition) is 3. The summed E-state index contributed by atoms with van der Waals surface area (Å²) in [6.07, 6.45) is 3.18. The summed E-state index contributed by atoms with van der Waals surface area (Å²) in [7, 11) is 0. The van der Waals surface area contributed by atoms with Crippen molar-refractivity contribution in [3.05, 3.63) is 21.2 Å². The number of nitrogens with one attached hydrogen (secondary N) is 2. The molecule has 0 bridgehead atoms. The van der Waals surface area contributed by atoms with Crippen molar-refractivity contribution in [2.24, 2.45) is 5.73 Å². The molecule has 0 saturated heterocycles. The molecule has 1 aromatic rings. The third-order valence-electron chi connectivity index (χ3n) is 2.15. The molecular formula is C9H15BrN4O. The third kappa shape index (κ3) is 3.32. The molecule has 0 amide bonds. The molecule has 0 aliphatic carbocycles. The monoisotopic (exact) mass is 274 g/mol. The average Bonchev–Trinajstić information content (AvgIpc) is 2.24. The van der Waals surface area contributed by atoms with Gasteiger partial charge in [0.25, 0.3) is 5.56 Å². The molecule has 15 heavy (non-hydrogen) atoms. The number of anilines is 1. The summed E-state index contributed by atoms with van der Waals surface area (Å²) < 4.78 is 0.431. The van der Waals surface area contributed by atoms with Gasteiger partial charge in [0.2, 0.25) is 0 Å². The quantitative estimate of drug-likeness (QED) is 0.750. The number of halogens is 1. The predicted molar refractivity (Wildman–Crippen MR) is 63.9 cm³/mol. The number of hydrogen-bond acceptors (Lipinski definition) is 4. The van der Waals surface area contributed by atoms with Crippen LogP contribution in [0.2, 0.25) is 0 Å². The van der Waals surface area contributed by atoms with Crippen molar-refractivity contribution in [1.29, 1.82) is 0 Å². The van der Waals surface area contributed by atoms with Gasteiger partial charge in [-0.05, 0) is 35.3 Å². The van der Waals surface area contributed by atoms with Gasteiger partial charge in [0.15, 0.2) is 0 Å². The topological polar surface area (TPSA) is 83.8 Å². The Hall–Kier alpha value is -0.880. The molecule has 1 heterocycles. The molecule has 5 nitrogen and oxygen atoms in total. The van der Waals surface area contributed by atoms with Crippen LogP contribution in [0, 0.1) is 0 Å². The average molecular weight is 275 g/mol. The highest BCUT2D eigenvalue weighted by molar-refractivity contribution is 9.10. The summed E-state index contributed by atoms with van der Waals surface area (Å²) in [6.45, 7) is 2.68. The minimum atomic E-state index is -0.185. The molecule has 0 saturated carbocycles. The van der Waals surface area contributed by atoms with Crippen LogP contribution in [0.4, 0.5) is 5.82 Å². The molecule has 0 radical (unpaired) electrons. The van der Waals surface area contributed by atoms with Crippen LogP contribution >= 0.6 is 15.9 Å². The largest absolute Gasteiger partial charge is 0.366 e. The lowest BCUT2D eigenvalue weighted by atomic mass is 10.1. The van der Waals surface area contributed by atoms with Gasteiger partial charge in [-0.25, -0.2) is 4.98 Å². The zero-order chi connectivity index (χ0) is 11.3. The van der Waals surface area contributed by atoms with Crippen molar-refractivity contribution < 1.29 is 0 Å². The maximum absolute atomic E-state index is 11.3. The van der Waals surface area contributed by atoms with E-state index in [1.165, 1.54) is 6.33 Å². The van der Waals surface area contributed by atoms with Crippen molar-refractivity contribution in [3.63, 3.8) is 0 Å². The number of aromatic amines is 1. The lowest BCUT2D eigenvalue weighted by molar-refractivity contribution is 0.638. The van der Waals surface area contributed by atoms with Gasteiger partial charge < -0.3 is 16.0 Å². The Morgan fingerprint density at radius 3 is 3.07 bits per heavy atom. The number of H-pyrrole nitrogens is 1. The molecule has 4 N–H and O–H groups in total. The van der Waals surface area contributed by atoms with Crippen LogP contribution < -0.4 is 16.6 Å². The first-order valence-corrected chi connectivity index (χ1v) is 5.68. The van der Waals surface area contributed by atoms with Crippen molar-refractivity contribution in [3.8, 4) is 0 Å². The molecule has 1 rings (SSSR count). The van der Waals surface area contributed by atoms with Crippen molar-refractivity contribution in [2.45, 2.75) is 25.8 Å². The van der Waals surface area contributed by atoms with Crippen LogP contribution in [0.25, 0.3) is 0 Å². The van der Waals surface area contributed by atoms with E-state index in [1.807, 2.05) is 0 Å². The van der Waals surface area contributed by atoms with E-state index in [-0.39, 0.29) is 11.6 Å². The van der Waals surface area contributed by atoms with E-state index in [4.69, 9.17) is 5.73 Å². The Morgan fingerprint density at radius 1 is 1.73 bits per heavy atom. The third-order valence-corrected chi connectivity index (χ3v) is 2.88. The molecule has 0 aliphatic heterocycles. The highest BCUT2D eigenvalue weighted by Gasteiger charge is 2.10. The second kappa shape index (κ2) is 5.87. The summed E-state index contributed by atoms with van der Waals surface area (Å²) in [5, 5.41) is 3.18. The van der Waals surface area contributed by atoms with E-state index in [0.717, 1.165) is 12.8 Å². The lowest BCUT2D eigenvalue weighted by Gasteiger charge is -2.16. The number of aromatic nitrogens is 2. The molecule has 0 aliphatic rings. The Balaban J connectivity index is 2.79. The summed E-state index contributed by atoms with van der Waals surface area (Å²) in [5.41, 5.74) is 5.30. The summed E-state index contributed by atoms with van der Waals surface area (Å²) in [5.74, 6) is 0.569. The van der Waals surface area contributed by atoms with Crippen LogP contribution in [0.5, 0.6) is 0 Å². The molecule has 1 unspecified atom stereocenters. The smallest absolute Gasteiger partial charge is 0.267 e. The highest BCUT2D eigenvalue weighted by atomic mass is 79.9. The van der Waals surface area contributed by atoms with Crippen LogP contribution in [-0.4, -0.2) is 22.6 Å². The van der Waals surface area contributed by atoms with E-state index < -0.39 is 0 Å². The number of nitrogens with two attached hydrogens (primary N) is 1. The number of rotatable bonds is 5. The fourth-order valence-electron chi connectivity index (χ4n) is 1.26. The molecule has 1 atom stereocenters. The number of nitrogens with zero attached hydrogens (tertiary/aromatic N) is 1. The minimum absolute atomic E-state index is 0.185. The highest BCUT2D eigenvalue weighted by Crippen LogP contribution is 2.15. The van der Waals surface area contributed by atoms with E-state index >= 15 is 0 Å². The van der Waals surface area contributed by atoms with E-state index in [9.17, 15) is 4.79 Å². The minimum Gasteiger partial charge on any atom is -0.366 e. The van der Waals surface area contributed by atoms with Gasteiger partial charge in [0, 0.05) is 6.04 Å². The van der Waals surface area contributed by atoms with Crippen molar-refractivity contribution >= 4 is 21.7 Å². The first-order valence-electron chi connectivity index (χ1n) is 4.88. The van der Waals surface area contributed by atoms with Crippen LogP contribution in [-0.2, 0) is 0 Å². The van der Waals surface area contributed by atoms with Crippen LogP contribution in [0.15, 0.2) is 15.6 Å². The van der Waals surface area contributed by atoms with Gasteiger partial charge in [-0.1, -0.05) is 6.92 Å². The fraction of sp³-hybridized carbons (Fsp3) is 0.556. The SMILES string of the molecule is CCC(CCN)Nc1nc[nH]c(=O)c1Br. The Labute approximate surface area is 96.6 Å². The van der Waals surface area contributed by atoms with E-state index in [2.05, 4.69) is 38.1 Å². The molecule has 0 aromatic carbocycles. The van der Waals surface area contributed by atoms with Gasteiger partial charge in [0.1, 0.15) is 10.3 Å². The Bertz CT molecular complexity index is 365. The van der Waals surface area contributed by atoms with E-state index in [1.54, 1.807) is 0 Å². The second-order valence-corrected chi connectivity index (χ2v) is 4.01. The first kappa shape index (κ1) is 12.2. The Kier molecular flexibility index (Phi) is 4.77. The summed E-state index contributed by atoms with van der Waals surface area (Å²) in [6, 6.07) is 0.251. The molecule has 84 valence electrons. The van der Waals surface area contributed by atoms with Gasteiger partial charge in [-0.2, -0.15) is 0 Å². The predicted octanol–water partition coefficient (Wildman–Crippen LogP) is 1.07. The Morgan fingerprint density at radius 2 is 2.47 bits per heavy atom. The zero-order valence-corrected chi connectivity index (χ0v) is 10.2. The maximum atomic E-state index is 11.3. The molecule has 6 heteroatoms. The fourth-order valence-corrected chi connectivity index (χ4v) is 1.59. The van der Waals surface area contributed by atoms with Crippen molar-refractivity contribution in [1.82, 2.24) is 9.97 Å². The summed E-state index contributed by atoms with van der Waals surface area (Å²) >= 11 is 3.19. The molecular weight excluding hydrogens is 260 g/mol. The van der Waals surface area contributed by atoms with Crippen LogP contribution in [0.1, 0.15) is 19.8 Å². The maximum Gasteiger partial charge on any atom is 0.267 e. The van der Waals surface area contributed by atoms with Crippen LogP contribution in [0.3, 0.4) is 0 Å². The zero-order valence-electron chi connectivity index (χ0n) is 8.59. The van der Waals surface area contributed by atoms with Gasteiger partial charge in [-0.15, -0.1) is 0 Å². The van der Waals surface area contributed by atoms with E-state index in [0.29, 0.717) is 16.8 Å². The molecule has 1 aromatic heterocycles. The second-order valence-electron chi connectivity index (χ2n) is 3.22. The molecule has 0 spiro atoms. The van der Waals surface area contributed by atoms with Crippen molar-refractivity contribution in [2.75, 3.05) is 11.9 Å². The molecule has 0 fully saturated rings. The van der Waals surface area contributed by atoms with Gasteiger partial charge >= 0.3 is 0 Å². The first-order chi connectivity index (χ1) is 7.19. The van der Waals surface area contributed by atoms with Gasteiger partial charge in [0.05, 0.1) is 6.33 Å². The summed E-state index contributed by atoms with van der Waals surface area (Å²) in [4.78, 5) is 17.8.